The fourth-order valence-corrected chi connectivity index (χ4v) is 3.96. The number of benzene rings is 3. The molecule has 152 valence electrons. The molecule has 30 heavy (non-hydrogen) atoms. The van der Waals surface area contributed by atoms with E-state index in [0.29, 0.717) is 0 Å². The van der Waals surface area contributed by atoms with Gasteiger partial charge in [0, 0.05) is 4.91 Å². The van der Waals surface area contributed by atoms with Crippen LogP contribution < -0.4 is 0 Å². The van der Waals surface area contributed by atoms with E-state index in [-0.39, 0.29) is 13.2 Å². The summed E-state index contributed by atoms with van der Waals surface area (Å²) in [7, 11) is 0. The lowest BCUT2D eigenvalue weighted by Gasteiger charge is -2.37. The summed E-state index contributed by atoms with van der Waals surface area (Å²) < 4.78 is 12.3. The Balaban J connectivity index is 1.77. The number of ether oxygens (including phenoxy) is 2. The van der Waals surface area contributed by atoms with Crippen molar-refractivity contribution in [3.05, 3.63) is 118 Å². The van der Waals surface area contributed by atoms with Gasteiger partial charge in [0.1, 0.15) is 11.7 Å². The molecule has 6 heteroatoms. The average molecular weight is 401 g/mol. The van der Waals surface area contributed by atoms with E-state index in [2.05, 4.69) is 10.0 Å². The molecule has 0 amide bonds. The van der Waals surface area contributed by atoms with Gasteiger partial charge in [0.05, 0.1) is 25.4 Å². The molecule has 4 rings (SSSR count). The lowest BCUT2D eigenvalue weighted by molar-refractivity contribution is -0.0700. The van der Waals surface area contributed by atoms with E-state index in [1.807, 2.05) is 91.0 Å². The van der Waals surface area contributed by atoms with E-state index in [4.69, 9.17) is 15.0 Å². The van der Waals surface area contributed by atoms with Crippen LogP contribution in [0.3, 0.4) is 0 Å². The lowest BCUT2D eigenvalue weighted by Crippen LogP contribution is -2.39. The van der Waals surface area contributed by atoms with Gasteiger partial charge in [-0.05, 0) is 22.2 Å². The van der Waals surface area contributed by atoms with Crippen molar-refractivity contribution in [3.8, 4) is 0 Å². The molecule has 3 aromatic carbocycles. The largest absolute Gasteiger partial charge is 0.390 e. The molecule has 0 aliphatic carbocycles. The molecule has 0 aromatic heterocycles. The molecule has 3 atom stereocenters. The van der Waals surface area contributed by atoms with Gasteiger partial charge in [0.2, 0.25) is 0 Å². The second-order valence-corrected chi connectivity index (χ2v) is 7.22. The summed E-state index contributed by atoms with van der Waals surface area (Å²) in [5, 5.41) is 14.1. The van der Waals surface area contributed by atoms with Crippen LogP contribution in [0, 0.1) is 0 Å². The van der Waals surface area contributed by atoms with E-state index in [9.17, 15) is 5.11 Å². The number of aliphatic hydroxyl groups excluding tert-OH is 1. The number of azide groups is 1. The van der Waals surface area contributed by atoms with Crippen molar-refractivity contribution in [2.75, 3.05) is 13.2 Å². The highest BCUT2D eigenvalue weighted by Gasteiger charge is 2.41. The summed E-state index contributed by atoms with van der Waals surface area (Å²) in [5.74, 6) is 0. The second kappa shape index (κ2) is 9.11. The molecule has 3 aromatic rings. The first-order valence-electron chi connectivity index (χ1n) is 9.90. The highest BCUT2D eigenvalue weighted by Crippen LogP contribution is 2.41. The standard InChI is InChI=1S/C24H23N3O3/c25-27-26-21-16-29-22(23(21)28)17-30-24(18-10-4-1-5-11-18,19-12-6-2-7-13-19)20-14-8-3-9-15-20/h1-15,21-23,28H,16-17H2/t21-,22+,23+/m0/s1. The quantitative estimate of drug-likeness (QED) is 0.275. The van der Waals surface area contributed by atoms with Crippen LogP contribution in [-0.4, -0.2) is 36.6 Å². The summed E-state index contributed by atoms with van der Waals surface area (Å²) in [6, 6.07) is 29.4. The number of hydrogen-bond donors (Lipinski definition) is 1. The smallest absolute Gasteiger partial charge is 0.143 e. The van der Waals surface area contributed by atoms with E-state index in [1.165, 1.54) is 0 Å². The second-order valence-electron chi connectivity index (χ2n) is 7.22. The number of hydrogen-bond acceptors (Lipinski definition) is 4. The molecule has 0 unspecified atom stereocenters. The van der Waals surface area contributed by atoms with Crippen molar-refractivity contribution in [2.45, 2.75) is 23.9 Å². The number of nitrogens with zero attached hydrogens (tertiary/aromatic N) is 3. The maximum Gasteiger partial charge on any atom is 0.143 e. The molecule has 6 nitrogen and oxygen atoms in total. The molecule has 0 spiro atoms. The summed E-state index contributed by atoms with van der Waals surface area (Å²) in [6.07, 6.45) is -1.50. The Bertz CT molecular complexity index is 895. The van der Waals surface area contributed by atoms with Crippen LogP contribution >= 0.6 is 0 Å². The summed E-state index contributed by atoms with van der Waals surface area (Å²) in [6.45, 7) is 0.311. The lowest BCUT2D eigenvalue weighted by atomic mass is 9.80. The van der Waals surface area contributed by atoms with Crippen molar-refractivity contribution < 1.29 is 14.6 Å². The van der Waals surface area contributed by atoms with Gasteiger partial charge in [-0.25, -0.2) is 0 Å². The van der Waals surface area contributed by atoms with Crippen molar-refractivity contribution in [2.24, 2.45) is 5.11 Å². The third-order valence-electron chi connectivity index (χ3n) is 5.46. The van der Waals surface area contributed by atoms with Gasteiger partial charge in [-0.15, -0.1) is 0 Å². The summed E-state index contributed by atoms with van der Waals surface area (Å²) in [5.41, 5.74) is 10.7. The van der Waals surface area contributed by atoms with Gasteiger partial charge in [0.25, 0.3) is 0 Å². The van der Waals surface area contributed by atoms with Crippen molar-refractivity contribution in [1.29, 1.82) is 0 Å². The molecule has 0 bridgehead atoms. The van der Waals surface area contributed by atoms with Crippen molar-refractivity contribution >= 4 is 0 Å². The molecule has 1 aliphatic rings. The van der Waals surface area contributed by atoms with Crippen LogP contribution in [0.1, 0.15) is 16.7 Å². The van der Waals surface area contributed by atoms with Crippen molar-refractivity contribution in [3.63, 3.8) is 0 Å². The molecule has 1 saturated heterocycles. The van der Waals surface area contributed by atoms with Gasteiger partial charge >= 0.3 is 0 Å². The third-order valence-corrected chi connectivity index (χ3v) is 5.46. The average Bonchev–Trinajstić information content (AvgIpc) is 3.16. The first-order chi connectivity index (χ1) is 14.8. The summed E-state index contributed by atoms with van der Waals surface area (Å²) >= 11 is 0. The molecular weight excluding hydrogens is 378 g/mol. The van der Waals surface area contributed by atoms with Gasteiger partial charge in [-0.1, -0.05) is 96.1 Å². The zero-order chi connectivity index (χ0) is 20.8. The van der Waals surface area contributed by atoms with Crippen LogP contribution in [0.2, 0.25) is 0 Å². The Labute approximate surface area is 175 Å². The topological polar surface area (TPSA) is 87.5 Å². The molecular formula is C24H23N3O3. The Hall–Kier alpha value is -3.15. The Morgan fingerprint density at radius 3 is 1.80 bits per heavy atom. The minimum absolute atomic E-state index is 0.136. The van der Waals surface area contributed by atoms with Crippen LogP contribution in [0.25, 0.3) is 10.4 Å². The fraction of sp³-hybridized carbons (Fsp3) is 0.250. The molecule has 0 saturated carbocycles. The third kappa shape index (κ3) is 3.82. The van der Waals surface area contributed by atoms with E-state index < -0.39 is 23.9 Å². The van der Waals surface area contributed by atoms with Crippen LogP contribution in [-0.2, 0) is 15.1 Å². The molecule has 0 radical (unpaired) electrons. The Kier molecular flexibility index (Phi) is 6.12. The fourth-order valence-electron chi connectivity index (χ4n) is 3.96. The van der Waals surface area contributed by atoms with Gasteiger partial charge in [-0.3, -0.25) is 0 Å². The normalized spacial score (nSPS) is 21.2. The zero-order valence-corrected chi connectivity index (χ0v) is 16.4. The molecule has 1 aliphatic heterocycles. The number of aliphatic hydroxyl groups is 1. The van der Waals surface area contributed by atoms with Gasteiger partial charge in [-0.2, -0.15) is 0 Å². The van der Waals surface area contributed by atoms with E-state index in [0.717, 1.165) is 16.7 Å². The minimum Gasteiger partial charge on any atom is -0.390 e. The maximum atomic E-state index is 10.5. The Morgan fingerprint density at radius 2 is 1.37 bits per heavy atom. The van der Waals surface area contributed by atoms with Crippen LogP contribution in [0.15, 0.2) is 96.1 Å². The van der Waals surface area contributed by atoms with E-state index in [1.54, 1.807) is 0 Å². The number of rotatable bonds is 7. The van der Waals surface area contributed by atoms with Gasteiger partial charge in [0.15, 0.2) is 0 Å². The zero-order valence-electron chi connectivity index (χ0n) is 16.4. The monoisotopic (exact) mass is 401 g/mol. The summed E-state index contributed by atoms with van der Waals surface area (Å²) in [4.78, 5) is 2.80. The minimum atomic E-state index is -0.916. The maximum absolute atomic E-state index is 10.5. The van der Waals surface area contributed by atoms with E-state index >= 15 is 0 Å². The highest BCUT2D eigenvalue weighted by molar-refractivity contribution is 5.47. The Morgan fingerprint density at radius 1 is 0.900 bits per heavy atom. The SMILES string of the molecule is [N-]=[N+]=N[C@H]1CO[C@H](COC(c2ccccc2)(c2ccccc2)c2ccccc2)[C@@H]1O. The highest BCUT2D eigenvalue weighted by atomic mass is 16.6. The van der Waals surface area contributed by atoms with Crippen molar-refractivity contribution in [1.82, 2.24) is 0 Å². The van der Waals surface area contributed by atoms with Gasteiger partial charge < -0.3 is 14.6 Å². The predicted molar refractivity (Wildman–Crippen MR) is 114 cm³/mol. The first kappa shape index (κ1) is 20.1. The predicted octanol–water partition coefficient (Wildman–Crippen LogP) is 4.43. The van der Waals surface area contributed by atoms with Crippen LogP contribution in [0.5, 0.6) is 0 Å². The first-order valence-corrected chi connectivity index (χ1v) is 9.90. The molecule has 1 N–H and O–H groups in total. The molecule has 1 fully saturated rings. The molecule has 1 heterocycles. The van der Waals surface area contributed by atoms with Crippen LogP contribution in [0.4, 0.5) is 0 Å².